The average Bonchev–Trinajstić information content (AvgIpc) is 2.76. The second-order valence-corrected chi connectivity index (χ2v) is 9.60. The number of hydrogen-bond donors (Lipinski definition) is 1. The van der Waals surface area contributed by atoms with Gasteiger partial charge in [-0.1, -0.05) is 139 Å². The van der Waals surface area contributed by atoms with Gasteiger partial charge in [-0.2, -0.15) is 0 Å². The Morgan fingerprint density at radius 2 is 0.871 bits per heavy atom. The van der Waals surface area contributed by atoms with Gasteiger partial charge in [0.25, 0.3) is 0 Å². The molecular weight excluding hydrogens is 380 g/mol. The third kappa shape index (κ3) is 19.1. The van der Waals surface area contributed by atoms with Gasteiger partial charge in [-0.15, -0.1) is 0 Å². The number of carboxylic acids is 1. The van der Waals surface area contributed by atoms with E-state index in [-0.39, 0.29) is 0 Å². The van der Waals surface area contributed by atoms with Crippen molar-refractivity contribution in [3.63, 3.8) is 0 Å². The van der Waals surface area contributed by atoms with Crippen LogP contribution in [0, 0.1) is 6.92 Å². The number of aryl methyl sites for hydroxylation is 2. The van der Waals surface area contributed by atoms with Gasteiger partial charge < -0.3 is 5.11 Å². The van der Waals surface area contributed by atoms with Crippen molar-refractivity contribution in [1.82, 2.24) is 0 Å². The SMILES string of the molecule is Cc1ccc(CCCCCCCCCCCCCCCCCCCCCC(=O)O)cc1. The van der Waals surface area contributed by atoms with Crippen molar-refractivity contribution >= 4 is 5.97 Å². The van der Waals surface area contributed by atoms with E-state index in [0.29, 0.717) is 6.42 Å². The van der Waals surface area contributed by atoms with Crippen molar-refractivity contribution in [3.05, 3.63) is 35.4 Å². The smallest absolute Gasteiger partial charge is 0.303 e. The fraction of sp³-hybridized carbons (Fsp3) is 0.759. The number of hydrogen-bond acceptors (Lipinski definition) is 1. The Bertz CT molecular complexity index is 520. The van der Waals surface area contributed by atoms with Crippen LogP contribution >= 0.6 is 0 Å². The molecule has 0 saturated carbocycles. The van der Waals surface area contributed by atoms with Gasteiger partial charge in [-0.25, -0.2) is 0 Å². The fourth-order valence-electron chi connectivity index (χ4n) is 4.37. The molecule has 0 fully saturated rings. The topological polar surface area (TPSA) is 37.3 Å². The second-order valence-electron chi connectivity index (χ2n) is 9.60. The van der Waals surface area contributed by atoms with E-state index in [4.69, 9.17) is 5.11 Å². The molecule has 0 saturated heterocycles. The molecule has 0 spiro atoms. The highest BCUT2D eigenvalue weighted by atomic mass is 16.4. The van der Waals surface area contributed by atoms with E-state index in [0.717, 1.165) is 12.8 Å². The Kier molecular flexibility index (Phi) is 18.4. The minimum Gasteiger partial charge on any atom is -0.481 e. The molecule has 0 atom stereocenters. The Morgan fingerprint density at radius 1 is 0.548 bits per heavy atom. The minimum absolute atomic E-state index is 0.342. The predicted octanol–water partition coefficient (Wildman–Crippen LogP) is 9.42. The van der Waals surface area contributed by atoms with Crippen molar-refractivity contribution in [3.8, 4) is 0 Å². The maximum Gasteiger partial charge on any atom is 0.303 e. The Morgan fingerprint density at radius 3 is 1.23 bits per heavy atom. The zero-order valence-electron chi connectivity index (χ0n) is 20.5. The molecule has 0 heterocycles. The van der Waals surface area contributed by atoms with E-state index in [1.54, 1.807) is 0 Å². The molecule has 0 aliphatic heterocycles. The molecule has 2 nitrogen and oxygen atoms in total. The van der Waals surface area contributed by atoms with Gasteiger partial charge in [0, 0.05) is 6.42 Å². The van der Waals surface area contributed by atoms with Crippen LogP contribution in [0.2, 0.25) is 0 Å². The summed E-state index contributed by atoms with van der Waals surface area (Å²) in [4.78, 5) is 10.4. The fourth-order valence-corrected chi connectivity index (χ4v) is 4.37. The van der Waals surface area contributed by atoms with E-state index in [1.165, 1.54) is 127 Å². The summed E-state index contributed by atoms with van der Waals surface area (Å²) in [6.07, 6.45) is 27.1. The lowest BCUT2D eigenvalue weighted by atomic mass is 10.0. The summed E-state index contributed by atoms with van der Waals surface area (Å²) in [5.41, 5.74) is 2.86. The third-order valence-electron chi connectivity index (χ3n) is 6.48. The van der Waals surface area contributed by atoms with E-state index in [2.05, 4.69) is 31.2 Å². The summed E-state index contributed by atoms with van der Waals surface area (Å²) in [5.74, 6) is -0.653. The highest BCUT2D eigenvalue weighted by Crippen LogP contribution is 2.15. The summed E-state index contributed by atoms with van der Waals surface area (Å²) < 4.78 is 0. The van der Waals surface area contributed by atoms with Crippen molar-refractivity contribution in [2.45, 2.75) is 142 Å². The molecule has 0 bridgehead atoms. The van der Waals surface area contributed by atoms with Crippen LogP contribution in [0.1, 0.15) is 140 Å². The zero-order valence-corrected chi connectivity index (χ0v) is 20.5. The molecule has 0 aliphatic carbocycles. The molecule has 2 heteroatoms. The number of benzene rings is 1. The molecule has 0 unspecified atom stereocenters. The lowest BCUT2D eigenvalue weighted by Gasteiger charge is -2.04. The van der Waals surface area contributed by atoms with Gasteiger partial charge >= 0.3 is 5.97 Å². The normalized spacial score (nSPS) is 11.1. The first-order valence-corrected chi connectivity index (χ1v) is 13.5. The van der Waals surface area contributed by atoms with Gasteiger partial charge in [-0.05, 0) is 31.7 Å². The number of carbonyl (C=O) groups is 1. The minimum atomic E-state index is -0.653. The van der Waals surface area contributed by atoms with Crippen LogP contribution < -0.4 is 0 Å². The van der Waals surface area contributed by atoms with E-state index < -0.39 is 5.97 Å². The van der Waals surface area contributed by atoms with Gasteiger partial charge in [-0.3, -0.25) is 4.79 Å². The molecule has 1 rings (SSSR count). The second kappa shape index (κ2) is 20.6. The maximum atomic E-state index is 10.4. The molecule has 0 aliphatic rings. The first-order valence-electron chi connectivity index (χ1n) is 13.5. The Balaban J connectivity index is 1.69. The lowest BCUT2D eigenvalue weighted by molar-refractivity contribution is -0.137. The quantitative estimate of drug-likeness (QED) is 0.186. The van der Waals surface area contributed by atoms with Crippen LogP contribution in [0.25, 0.3) is 0 Å². The lowest BCUT2D eigenvalue weighted by Crippen LogP contribution is -1.93. The van der Waals surface area contributed by atoms with Gasteiger partial charge in [0.2, 0.25) is 0 Å². The van der Waals surface area contributed by atoms with E-state index in [9.17, 15) is 4.79 Å². The first-order chi connectivity index (χ1) is 15.2. The molecule has 1 N–H and O–H groups in total. The highest BCUT2D eigenvalue weighted by Gasteiger charge is 1.98. The van der Waals surface area contributed by atoms with Crippen molar-refractivity contribution < 1.29 is 9.90 Å². The molecule has 1 aromatic carbocycles. The highest BCUT2D eigenvalue weighted by molar-refractivity contribution is 5.66. The van der Waals surface area contributed by atoms with Crippen LogP contribution in [0.4, 0.5) is 0 Å². The van der Waals surface area contributed by atoms with Gasteiger partial charge in [0.05, 0.1) is 0 Å². The van der Waals surface area contributed by atoms with Crippen molar-refractivity contribution in [2.75, 3.05) is 0 Å². The van der Waals surface area contributed by atoms with Crippen LogP contribution in [-0.2, 0) is 11.2 Å². The van der Waals surface area contributed by atoms with Crippen molar-refractivity contribution in [2.24, 2.45) is 0 Å². The monoisotopic (exact) mass is 430 g/mol. The van der Waals surface area contributed by atoms with E-state index in [1.807, 2.05) is 0 Å². The van der Waals surface area contributed by atoms with Crippen molar-refractivity contribution in [1.29, 1.82) is 0 Å². The first kappa shape index (κ1) is 27.7. The Labute approximate surface area is 193 Å². The third-order valence-corrected chi connectivity index (χ3v) is 6.48. The maximum absolute atomic E-state index is 10.4. The summed E-state index contributed by atoms with van der Waals surface area (Å²) in [5, 5.41) is 8.60. The van der Waals surface area contributed by atoms with E-state index >= 15 is 0 Å². The molecule has 31 heavy (non-hydrogen) atoms. The average molecular weight is 431 g/mol. The van der Waals surface area contributed by atoms with Crippen LogP contribution in [-0.4, -0.2) is 11.1 Å². The number of unbranched alkanes of at least 4 members (excludes halogenated alkanes) is 18. The van der Waals surface area contributed by atoms with Gasteiger partial charge in [0.15, 0.2) is 0 Å². The summed E-state index contributed by atoms with van der Waals surface area (Å²) >= 11 is 0. The van der Waals surface area contributed by atoms with Crippen LogP contribution in [0.5, 0.6) is 0 Å². The standard InChI is InChI=1S/C29H50O2/c1-27-23-25-28(26-24-27)21-19-17-15-13-11-9-7-5-3-2-4-6-8-10-12-14-16-18-20-22-29(30)31/h23-26H,2-22H2,1H3,(H,30,31). The molecule has 0 amide bonds. The predicted molar refractivity (Wildman–Crippen MR) is 135 cm³/mol. The number of carboxylic acid groups (broad SMARTS) is 1. The van der Waals surface area contributed by atoms with Gasteiger partial charge in [0.1, 0.15) is 0 Å². The molecule has 0 radical (unpaired) electrons. The molecule has 178 valence electrons. The zero-order chi connectivity index (χ0) is 22.4. The molecular formula is C29H50O2. The molecule has 1 aromatic rings. The summed E-state index contributed by atoms with van der Waals surface area (Å²) in [6, 6.07) is 9.02. The number of aliphatic carboxylic acids is 1. The van der Waals surface area contributed by atoms with Crippen LogP contribution in [0.3, 0.4) is 0 Å². The number of rotatable bonds is 22. The summed E-state index contributed by atoms with van der Waals surface area (Å²) in [6.45, 7) is 2.16. The largest absolute Gasteiger partial charge is 0.481 e. The summed E-state index contributed by atoms with van der Waals surface area (Å²) in [7, 11) is 0. The Hall–Kier alpha value is -1.31. The molecule has 0 aromatic heterocycles. The van der Waals surface area contributed by atoms with Crippen LogP contribution in [0.15, 0.2) is 24.3 Å².